The summed E-state index contributed by atoms with van der Waals surface area (Å²) in [4.78, 5) is 9.86. The molecule has 0 radical (unpaired) electrons. The van der Waals surface area contributed by atoms with Gasteiger partial charge in [0.05, 0.1) is 12.9 Å². The molecule has 0 N–H and O–H groups in total. The van der Waals surface area contributed by atoms with Crippen LogP contribution >= 0.6 is 0 Å². The molecule has 8 heavy (non-hydrogen) atoms. The minimum absolute atomic E-state index is 0.616. The van der Waals surface area contributed by atoms with E-state index in [0.29, 0.717) is 12.2 Å². The standard InChI is InChI=1S/C6H10O2/c1-3-8-5-6(2)4-7/h4-5H,3H2,1-2H3. The zero-order valence-corrected chi connectivity index (χ0v) is 5.18. The van der Waals surface area contributed by atoms with Crippen LogP contribution in [0, 0.1) is 0 Å². The number of allylic oxidation sites excluding steroid dienone is 1. The van der Waals surface area contributed by atoms with E-state index in [1.165, 1.54) is 6.26 Å². The van der Waals surface area contributed by atoms with Crippen LogP contribution in [0.4, 0.5) is 0 Å². The second kappa shape index (κ2) is 4.37. The van der Waals surface area contributed by atoms with Crippen LogP contribution in [0.25, 0.3) is 0 Å². The van der Waals surface area contributed by atoms with Gasteiger partial charge in [0.1, 0.15) is 6.29 Å². The van der Waals surface area contributed by atoms with Gasteiger partial charge in [0.15, 0.2) is 0 Å². The summed E-state index contributed by atoms with van der Waals surface area (Å²) < 4.78 is 4.79. The Balaban J connectivity index is 3.40. The lowest BCUT2D eigenvalue weighted by atomic mass is 10.4. The van der Waals surface area contributed by atoms with Gasteiger partial charge in [0.2, 0.25) is 0 Å². The highest BCUT2D eigenvalue weighted by Gasteiger charge is 1.79. The van der Waals surface area contributed by atoms with Gasteiger partial charge < -0.3 is 4.74 Å². The number of rotatable bonds is 3. The number of carbonyl (C=O) groups is 1. The van der Waals surface area contributed by atoms with Crippen molar-refractivity contribution in [3.63, 3.8) is 0 Å². The monoisotopic (exact) mass is 114 g/mol. The Kier molecular flexibility index (Phi) is 3.94. The average molecular weight is 114 g/mol. The molecule has 0 aliphatic heterocycles. The van der Waals surface area contributed by atoms with Crippen LogP contribution in [0.1, 0.15) is 13.8 Å². The van der Waals surface area contributed by atoms with Gasteiger partial charge in [-0.05, 0) is 13.8 Å². The highest BCUT2D eigenvalue weighted by Crippen LogP contribution is 1.85. The lowest BCUT2D eigenvalue weighted by Crippen LogP contribution is -1.81. The van der Waals surface area contributed by atoms with E-state index in [1.807, 2.05) is 6.92 Å². The molecule has 0 spiro atoms. The summed E-state index contributed by atoms with van der Waals surface area (Å²) in [6, 6.07) is 0. The topological polar surface area (TPSA) is 26.3 Å². The molecule has 46 valence electrons. The molecule has 0 saturated carbocycles. The zero-order valence-electron chi connectivity index (χ0n) is 5.18. The van der Waals surface area contributed by atoms with Crippen molar-refractivity contribution >= 4 is 6.29 Å². The van der Waals surface area contributed by atoms with E-state index >= 15 is 0 Å². The van der Waals surface area contributed by atoms with E-state index in [0.717, 1.165) is 6.29 Å². The predicted octanol–water partition coefficient (Wildman–Crippen LogP) is 1.13. The van der Waals surface area contributed by atoms with Crippen LogP contribution in [-0.4, -0.2) is 12.9 Å². The van der Waals surface area contributed by atoms with Crippen LogP contribution in [0.3, 0.4) is 0 Å². The molecule has 0 aromatic rings. The molecule has 2 nitrogen and oxygen atoms in total. The first-order valence-electron chi connectivity index (χ1n) is 2.54. The molecule has 0 aromatic carbocycles. The summed E-state index contributed by atoms with van der Waals surface area (Å²) in [6.07, 6.45) is 2.21. The molecule has 0 fully saturated rings. The first-order chi connectivity index (χ1) is 3.81. The Labute approximate surface area is 49.1 Å². The summed E-state index contributed by atoms with van der Waals surface area (Å²) in [7, 11) is 0. The SMILES string of the molecule is CCOC=C(C)C=O. The molecule has 0 aliphatic carbocycles. The minimum atomic E-state index is 0.616. The van der Waals surface area contributed by atoms with Gasteiger partial charge in [-0.1, -0.05) is 0 Å². The van der Waals surface area contributed by atoms with Gasteiger partial charge in [0.25, 0.3) is 0 Å². The summed E-state index contributed by atoms with van der Waals surface area (Å²) in [5.41, 5.74) is 0.617. The molecule has 0 bridgehead atoms. The third-order valence-electron chi connectivity index (χ3n) is 0.622. The van der Waals surface area contributed by atoms with Crippen LogP contribution in [0.15, 0.2) is 11.8 Å². The second-order valence-electron chi connectivity index (χ2n) is 1.44. The molecule has 0 unspecified atom stereocenters. The Morgan fingerprint density at radius 3 is 2.75 bits per heavy atom. The Hall–Kier alpha value is -0.790. The lowest BCUT2D eigenvalue weighted by molar-refractivity contribution is -0.105. The number of hydrogen-bond acceptors (Lipinski definition) is 2. The average Bonchev–Trinajstić information content (AvgIpc) is 1.83. The molecule has 0 aliphatic rings. The third kappa shape index (κ3) is 3.40. The third-order valence-corrected chi connectivity index (χ3v) is 0.622. The highest BCUT2D eigenvalue weighted by molar-refractivity contribution is 5.71. The van der Waals surface area contributed by atoms with Crippen molar-refractivity contribution in [1.82, 2.24) is 0 Å². The number of carbonyl (C=O) groups excluding carboxylic acids is 1. The first kappa shape index (κ1) is 7.21. The van der Waals surface area contributed by atoms with Gasteiger partial charge in [-0.3, -0.25) is 4.79 Å². The van der Waals surface area contributed by atoms with Gasteiger partial charge in [-0.15, -0.1) is 0 Å². The fourth-order valence-corrected chi connectivity index (χ4v) is 0.243. The van der Waals surface area contributed by atoms with Gasteiger partial charge in [0, 0.05) is 5.57 Å². The maximum Gasteiger partial charge on any atom is 0.148 e. The molecule has 0 atom stereocenters. The molecule has 0 heterocycles. The van der Waals surface area contributed by atoms with E-state index in [-0.39, 0.29) is 0 Å². The molecule has 0 aromatic heterocycles. The molecule has 2 heteroatoms. The smallest absolute Gasteiger partial charge is 0.148 e. The highest BCUT2D eigenvalue weighted by atomic mass is 16.5. The fraction of sp³-hybridized carbons (Fsp3) is 0.500. The zero-order chi connectivity index (χ0) is 6.41. The number of aldehydes is 1. The largest absolute Gasteiger partial charge is 0.501 e. The van der Waals surface area contributed by atoms with E-state index < -0.39 is 0 Å². The normalized spacial score (nSPS) is 11.0. The van der Waals surface area contributed by atoms with Crippen LogP contribution in [0.2, 0.25) is 0 Å². The van der Waals surface area contributed by atoms with Crippen molar-refractivity contribution in [2.45, 2.75) is 13.8 Å². The Morgan fingerprint density at radius 1 is 1.75 bits per heavy atom. The van der Waals surface area contributed by atoms with Crippen molar-refractivity contribution in [1.29, 1.82) is 0 Å². The van der Waals surface area contributed by atoms with E-state index in [2.05, 4.69) is 0 Å². The van der Waals surface area contributed by atoms with Crippen LogP contribution < -0.4 is 0 Å². The van der Waals surface area contributed by atoms with Gasteiger partial charge >= 0.3 is 0 Å². The van der Waals surface area contributed by atoms with E-state index in [4.69, 9.17) is 4.74 Å². The summed E-state index contributed by atoms with van der Waals surface area (Å²) in [6.45, 7) is 4.18. The van der Waals surface area contributed by atoms with E-state index in [1.54, 1.807) is 6.92 Å². The maximum absolute atomic E-state index is 9.86. The molecular formula is C6H10O2. The number of hydrogen-bond donors (Lipinski definition) is 0. The quantitative estimate of drug-likeness (QED) is 0.312. The first-order valence-corrected chi connectivity index (χ1v) is 2.54. The van der Waals surface area contributed by atoms with E-state index in [9.17, 15) is 4.79 Å². The van der Waals surface area contributed by atoms with Crippen LogP contribution in [-0.2, 0) is 9.53 Å². The maximum atomic E-state index is 9.86. The Bertz CT molecular complexity index is 94.7. The Morgan fingerprint density at radius 2 is 2.38 bits per heavy atom. The molecular weight excluding hydrogens is 104 g/mol. The van der Waals surface area contributed by atoms with Crippen LogP contribution in [0.5, 0.6) is 0 Å². The predicted molar refractivity (Wildman–Crippen MR) is 31.4 cm³/mol. The summed E-state index contributed by atoms with van der Waals surface area (Å²) in [5, 5.41) is 0. The van der Waals surface area contributed by atoms with Crippen molar-refractivity contribution in [3.05, 3.63) is 11.8 Å². The second-order valence-corrected chi connectivity index (χ2v) is 1.44. The van der Waals surface area contributed by atoms with Crippen molar-refractivity contribution in [3.8, 4) is 0 Å². The lowest BCUT2D eigenvalue weighted by Gasteiger charge is -1.91. The summed E-state index contributed by atoms with van der Waals surface area (Å²) >= 11 is 0. The minimum Gasteiger partial charge on any atom is -0.501 e. The number of ether oxygens (including phenoxy) is 1. The molecule has 0 amide bonds. The van der Waals surface area contributed by atoms with Crippen molar-refractivity contribution in [2.75, 3.05) is 6.61 Å². The molecule has 0 rings (SSSR count). The van der Waals surface area contributed by atoms with Crippen molar-refractivity contribution in [2.24, 2.45) is 0 Å². The van der Waals surface area contributed by atoms with Gasteiger partial charge in [-0.25, -0.2) is 0 Å². The fourth-order valence-electron chi connectivity index (χ4n) is 0.243. The molecule has 0 saturated heterocycles. The van der Waals surface area contributed by atoms with Crippen molar-refractivity contribution < 1.29 is 9.53 Å². The summed E-state index contributed by atoms with van der Waals surface area (Å²) in [5.74, 6) is 0. The van der Waals surface area contributed by atoms with Gasteiger partial charge in [-0.2, -0.15) is 0 Å².